The van der Waals surface area contributed by atoms with E-state index in [0.717, 1.165) is 4.88 Å². The molecule has 0 fully saturated rings. The van der Waals surface area contributed by atoms with E-state index in [0.29, 0.717) is 28.1 Å². The van der Waals surface area contributed by atoms with E-state index in [1.165, 1.54) is 30.0 Å². The molecule has 0 aromatic carbocycles. The minimum Gasteiger partial charge on any atom is -0.313 e. The quantitative estimate of drug-likeness (QED) is 0.721. The molecule has 0 atom stereocenters. The summed E-state index contributed by atoms with van der Waals surface area (Å²) in [5.41, 5.74) is 1.14. The van der Waals surface area contributed by atoms with Crippen LogP contribution in [0.2, 0.25) is 0 Å². The number of halogens is 1. The smallest absolute Gasteiger partial charge is 0.268 e. The first-order valence-electron chi connectivity index (χ1n) is 7.38. The third-order valence-corrected chi connectivity index (χ3v) is 3.96. The zero-order chi connectivity index (χ0) is 16.8. The van der Waals surface area contributed by atoms with Crippen LogP contribution in [0.1, 0.15) is 26.1 Å². The van der Waals surface area contributed by atoms with E-state index < -0.39 is 5.95 Å². The van der Waals surface area contributed by atoms with Crippen molar-refractivity contribution in [1.82, 2.24) is 20.3 Å². The lowest BCUT2D eigenvalue weighted by Gasteiger charge is -1.97. The number of aromatic amines is 1. The maximum Gasteiger partial charge on any atom is 0.268 e. The normalized spacial score (nSPS) is 10.4. The predicted octanol–water partition coefficient (Wildman–Crippen LogP) is 3.32. The molecule has 23 heavy (non-hydrogen) atoms. The Bertz CT molecular complexity index is 843. The Morgan fingerprint density at radius 3 is 2.74 bits per heavy atom. The van der Waals surface area contributed by atoms with Gasteiger partial charge in [0.1, 0.15) is 10.5 Å². The summed E-state index contributed by atoms with van der Waals surface area (Å²) >= 11 is 1.29. The molecule has 3 heterocycles. The molecule has 0 spiro atoms. The minimum atomic E-state index is -0.544. The molecule has 0 radical (unpaired) electrons. The van der Waals surface area contributed by atoms with Gasteiger partial charge >= 0.3 is 0 Å². The van der Waals surface area contributed by atoms with Crippen LogP contribution in [0.15, 0.2) is 29.2 Å². The average molecular weight is 334 g/mol. The summed E-state index contributed by atoms with van der Waals surface area (Å²) in [5.74, 6) is 0.0351. The molecule has 7 heteroatoms. The summed E-state index contributed by atoms with van der Waals surface area (Å²) in [7, 11) is 1.78. The van der Waals surface area contributed by atoms with Gasteiger partial charge in [-0.1, -0.05) is 20.3 Å². The van der Waals surface area contributed by atoms with Crippen molar-refractivity contribution < 1.29 is 4.39 Å². The van der Waals surface area contributed by atoms with Gasteiger partial charge in [0.15, 0.2) is 0 Å². The van der Waals surface area contributed by atoms with Gasteiger partial charge < -0.3 is 10.3 Å². The summed E-state index contributed by atoms with van der Waals surface area (Å²) in [6.07, 6.45) is 2.65. The van der Waals surface area contributed by atoms with Crippen molar-refractivity contribution in [3.63, 3.8) is 0 Å². The van der Waals surface area contributed by atoms with E-state index in [4.69, 9.17) is 0 Å². The number of aromatic nitrogens is 3. The highest BCUT2D eigenvalue weighted by molar-refractivity contribution is 7.22. The van der Waals surface area contributed by atoms with Gasteiger partial charge in [-0.15, -0.1) is 11.3 Å². The fourth-order valence-electron chi connectivity index (χ4n) is 1.94. The summed E-state index contributed by atoms with van der Waals surface area (Å²) in [5, 5.41) is 2.93. The van der Waals surface area contributed by atoms with E-state index in [1.807, 2.05) is 0 Å². The minimum absolute atomic E-state index is 0.175. The van der Waals surface area contributed by atoms with Crippen molar-refractivity contribution >= 4 is 21.6 Å². The number of pyridine rings is 1. The number of H-pyrrole nitrogens is 1. The van der Waals surface area contributed by atoms with Gasteiger partial charge in [-0.3, -0.25) is 4.79 Å². The largest absolute Gasteiger partial charge is 0.313 e. The van der Waals surface area contributed by atoms with Crippen molar-refractivity contribution in [3.05, 3.63) is 46.5 Å². The van der Waals surface area contributed by atoms with Crippen LogP contribution < -0.4 is 10.9 Å². The van der Waals surface area contributed by atoms with Crippen LogP contribution in [0.5, 0.6) is 0 Å². The fourth-order valence-corrected chi connectivity index (χ4v) is 2.93. The van der Waals surface area contributed by atoms with Gasteiger partial charge in [-0.05, 0) is 24.7 Å². The topological polar surface area (TPSA) is 70.7 Å². The predicted molar refractivity (Wildman–Crippen MR) is 92.2 cm³/mol. The molecule has 0 amide bonds. The number of nitrogens with zero attached hydrogens (tertiary/aromatic N) is 2. The van der Waals surface area contributed by atoms with Crippen molar-refractivity contribution in [2.75, 3.05) is 7.05 Å². The standard InChI is InChI=1S/C13H11FN4OS.C3H8/c1-15-6-11-17-8-5-9(20-12(8)13(19)18-11)7-2-3-16-10(14)4-7;1-3-2/h2-5,15H,6H2,1H3,(H,17,18,19);3H2,1-2H3. The van der Waals surface area contributed by atoms with Crippen LogP contribution in [0.4, 0.5) is 4.39 Å². The van der Waals surface area contributed by atoms with Crippen molar-refractivity contribution in [1.29, 1.82) is 0 Å². The second kappa shape index (κ2) is 7.94. The van der Waals surface area contributed by atoms with E-state index in [1.54, 1.807) is 19.2 Å². The molecule has 0 aliphatic heterocycles. The van der Waals surface area contributed by atoms with Gasteiger partial charge in [0.2, 0.25) is 5.95 Å². The molecular weight excluding hydrogens is 315 g/mol. The molecule has 3 aromatic heterocycles. The number of fused-ring (bicyclic) bond motifs is 1. The number of hydrogen-bond donors (Lipinski definition) is 2. The molecule has 0 aliphatic rings. The lowest BCUT2D eigenvalue weighted by atomic mass is 10.2. The number of rotatable bonds is 3. The molecule has 3 aromatic rings. The highest BCUT2D eigenvalue weighted by atomic mass is 32.1. The van der Waals surface area contributed by atoms with Crippen molar-refractivity contribution in [2.45, 2.75) is 26.8 Å². The van der Waals surface area contributed by atoms with Gasteiger partial charge in [0, 0.05) is 17.1 Å². The molecule has 3 rings (SSSR count). The van der Waals surface area contributed by atoms with Crippen LogP contribution in [0.3, 0.4) is 0 Å². The second-order valence-corrected chi connectivity index (χ2v) is 5.99. The highest BCUT2D eigenvalue weighted by Gasteiger charge is 2.10. The molecule has 0 saturated heterocycles. The van der Waals surface area contributed by atoms with Gasteiger partial charge in [0.25, 0.3) is 5.56 Å². The maximum absolute atomic E-state index is 13.2. The Morgan fingerprint density at radius 2 is 2.09 bits per heavy atom. The summed E-state index contributed by atoms with van der Waals surface area (Å²) in [4.78, 5) is 23.4. The van der Waals surface area contributed by atoms with E-state index in [2.05, 4.69) is 34.1 Å². The van der Waals surface area contributed by atoms with E-state index in [9.17, 15) is 9.18 Å². The summed E-state index contributed by atoms with van der Waals surface area (Å²) in [6.45, 7) is 4.74. The Balaban J connectivity index is 0.000000595. The number of hydrogen-bond acceptors (Lipinski definition) is 5. The third-order valence-electron chi connectivity index (χ3n) is 2.79. The number of nitrogens with one attached hydrogen (secondary N) is 2. The zero-order valence-corrected chi connectivity index (χ0v) is 14.1. The first-order chi connectivity index (χ1) is 11.1. The molecule has 122 valence electrons. The van der Waals surface area contributed by atoms with Crippen LogP contribution in [0, 0.1) is 5.95 Å². The first-order valence-corrected chi connectivity index (χ1v) is 8.19. The van der Waals surface area contributed by atoms with Gasteiger partial charge in [0.05, 0.1) is 12.1 Å². The molecular formula is C16H19FN4OS. The van der Waals surface area contributed by atoms with Crippen molar-refractivity contribution in [2.24, 2.45) is 0 Å². The average Bonchev–Trinajstić information content (AvgIpc) is 2.93. The Labute approximate surface area is 137 Å². The lowest BCUT2D eigenvalue weighted by molar-refractivity contribution is 0.584. The SMILES string of the molecule is CCC.CNCc1nc2cc(-c3ccnc(F)c3)sc2c(=O)[nH]1. The Hall–Kier alpha value is -2.12. The second-order valence-electron chi connectivity index (χ2n) is 4.94. The molecule has 0 aliphatic carbocycles. The molecule has 5 nitrogen and oxygen atoms in total. The fraction of sp³-hybridized carbons (Fsp3) is 0.312. The Kier molecular flexibility index (Phi) is 5.95. The molecule has 0 saturated carbocycles. The highest BCUT2D eigenvalue weighted by Crippen LogP contribution is 2.30. The summed E-state index contributed by atoms with van der Waals surface area (Å²) in [6, 6.07) is 4.84. The van der Waals surface area contributed by atoms with Crippen LogP contribution >= 0.6 is 11.3 Å². The Morgan fingerprint density at radius 1 is 1.35 bits per heavy atom. The summed E-state index contributed by atoms with van der Waals surface area (Å²) < 4.78 is 13.7. The maximum atomic E-state index is 13.2. The number of thiophene rings is 1. The molecule has 2 N–H and O–H groups in total. The van der Waals surface area contributed by atoms with Gasteiger partial charge in [-0.25, -0.2) is 9.97 Å². The third kappa shape index (κ3) is 4.20. The lowest BCUT2D eigenvalue weighted by Crippen LogP contribution is -2.15. The van der Waals surface area contributed by atoms with E-state index in [-0.39, 0.29) is 5.56 Å². The van der Waals surface area contributed by atoms with E-state index >= 15 is 0 Å². The van der Waals surface area contributed by atoms with Crippen molar-refractivity contribution in [3.8, 4) is 10.4 Å². The zero-order valence-electron chi connectivity index (χ0n) is 13.3. The van der Waals surface area contributed by atoms with Gasteiger partial charge in [-0.2, -0.15) is 4.39 Å². The van der Waals surface area contributed by atoms with Crippen LogP contribution in [0.25, 0.3) is 20.7 Å². The van der Waals surface area contributed by atoms with Crippen LogP contribution in [-0.2, 0) is 6.54 Å². The molecule has 0 unspecified atom stereocenters. The monoisotopic (exact) mass is 334 g/mol. The first kappa shape index (κ1) is 17.2. The molecule has 0 bridgehead atoms. The van der Waals surface area contributed by atoms with Crippen LogP contribution in [-0.4, -0.2) is 22.0 Å².